The van der Waals surface area contributed by atoms with Gasteiger partial charge in [0.1, 0.15) is 35.4 Å². The fourth-order valence-electron chi connectivity index (χ4n) is 12.0. The molecule has 0 aliphatic rings. The maximum Gasteiger partial charge on any atom is 0.131 e. The number of hydrogen-bond acceptors (Lipinski definition) is 10. The number of fused-ring (bicyclic) bond motifs is 3. The van der Waals surface area contributed by atoms with Crippen LogP contribution in [0.3, 0.4) is 0 Å². The first-order valence-corrected chi connectivity index (χ1v) is 37.8. The third-order valence-corrected chi connectivity index (χ3v) is 24.5. The summed E-state index contributed by atoms with van der Waals surface area (Å²) in [4.78, 5) is 12.9. The Kier molecular flexibility index (Phi) is 29.1. The number of aryl methyl sites for hydroxylation is 4. The third-order valence-electron chi connectivity index (χ3n) is 16.7. The van der Waals surface area contributed by atoms with Gasteiger partial charge in [0.2, 0.25) is 0 Å². The lowest BCUT2D eigenvalue weighted by Crippen LogP contribution is -2.09. The van der Waals surface area contributed by atoms with E-state index in [1.165, 1.54) is 261 Å². The minimum atomic E-state index is 0.159. The molecule has 7 heterocycles. The van der Waals surface area contributed by atoms with Crippen LogP contribution in [-0.2, 0) is 25.7 Å². The van der Waals surface area contributed by atoms with Crippen molar-refractivity contribution in [2.24, 2.45) is 0 Å². The second-order valence-electron chi connectivity index (χ2n) is 23.5. The number of aromatic nitrogens is 1. The number of thiophene rings is 6. The molecule has 0 spiro atoms. The van der Waals surface area contributed by atoms with Gasteiger partial charge in [0.05, 0.1) is 20.4 Å². The molecule has 84 heavy (non-hydrogen) atoms. The summed E-state index contributed by atoms with van der Waals surface area (Å²) in [5.74, 6) is 0. The Morgan fingerprint density at radius 2 is 0.643 bits per heavy atom. The van der Waals surface area contributed by atoms with Crippen molar-refractivity contribution >= 4 is 101 Å². The highest BCUT2D eigenvalue weighted by molar-refractivity contribution is 7.33. The van der Waals surface area contributed by atoms with Crippen LogP contribution in [0, 0.1) is 45.3 Å². The number of hydrogen-bond donors (Lipinski definition) is 0. The summed E-state index contributed by atoms with van der Waals surface area (Å²) >= 11 is 11.5. The molecule has 0 N–H and O–H groups in total. The fourth-order valence-corrected chi connectivity index (χ4v) is 19.8. The van der Waals surface area contributed by atoms with Crippen LogP contribution in [0.4, 0.5) is 0 Å². The van der Waals surface area contributed by atoms with Crippen molar-refractivity contribution in [3.05, 3.63) is 79.6 Å². The molecule has 5 nitrogen and oxygen atoms in total. The zero-order chi connectivity index (χ0) is 59.5. The quantitative estimate of drug-likeness (QED) is 0.0281. The molecule has 0 amide bonds. The second-order valence-corrected chi connectivity index (χ2v) is 29.9. The van der Waals surface area contributed by atoms with Crippen LogP contribution < -0.4 is 0 Å². The van der Waals surface area contributed by atoms with Crippen molar-refractivity contribution in [1.82, 2.24) is 4.57 Å². The van der Waals surface area contributed by atoms with E-state index < -0.39 is 0 Å². The zero-order valence-electron chi connectivity index (χ0n) is 51.9. The van der Waals surface area contributed by atoms with Crippen LogP contribution in [0.25, 0.3) is 71.6 Å². The van der Waals surface area contributed by atoms with E-state index in [-0.39, 0.29) is 11.1 Å². The molecule has 0 bridgehead atoms. The van der Waals surface area contributed by atoms with Gasteiger partial charge in [-0.2, -0.15) is 21.0 Å². The molecule has 11 heteroatoms. The highest BCUT2D eigenvalue weighted by atomic mass is 32.1. The lowest BCUT2D eigenvalue weighted by Gasteiger charge is -2.21. The van der Waals surface area contributed by atoms with Crippen molar-refractivity contribution in [3.63, 3.8) is 0 Å². The van der Waals surface area contributed by atoms with Crippen LogP contribution in [0.1, 0.15) is 272 Å². The van der Waals surface area contributed by atoms with E-state index in [2.05, 4.69) is 107 Å². The van der Waals surface area contributed by atoms with Gasteiger partial charge in [0, 0.05) is 54.8 Å². The molecule has 0 unspecified atom stereocenters. The van der Waals surface area contributed by atoms with Gasteiger partial charge in [-0.15, -0.1) is 68.0 Å². The van der Waals surface area contributed by atoms with Crippen LogP contribution in [-0.4, -0.2) is 4.57 Å². The lowest BCUT2D eigenvalue weighted by atomic mass is 9.99. The smallest absolute Gasteiger partial charge is 0.131 e. The van der Waals surface area contributed by atoms with Gasteiger partial charge in [-0.25, -0.2) is 0 Å². The van der Waals surface area contributed by atoms with E-state index in [4.69, 9.17) is 0 Å². The Morgan fingerprint density at radius 1 is 0.357 bits per heavy atom. The maximum atomic E-state index is 9.79. The molecule has 0 aromatic carbocycles. The number of rotatable bonds is 41. The van der Waals surface area contributed by atoms with E-state index in [1.54, 1.807) is 34.8 Å². The largest absolute Gasteiger partial charge is 0.336 e. The summed E-state index contributed by atoms with van der Waals surface area (Å²) in [7, 11) is 0. The van der Waals surface area contributed by atoms with Crippen LogP contribution >= 0.6 is 68.0 Å². The predicted molar refractivity (Wildman–Crippen MR) is 373 cm³/mol. The first-order chi connectivity index (χ1) is 41.3. The number of allylic oxidation sites excluding steroid dienone is 2. The van der Waals surface area contributed by atoms with Gasteiger partial charge < -0.3 is 4.57 Å². The SMILES string of the molecule is CCCCCCCCC(CCCCCCCC)n1c2cc(-c3sc(-c4sc(C=C(C#N)C#N)cc4CCCCCC)cc3CCCCCC)sc2c2sc(-c3sc(-c4sc(C=C(C#N)C#N)cc4CCCCCC)cc3CCCCCC)cc21. The number of nitrogens with zero attached hydrogens (tertiary/aromatic N) is 5. The lowest BCUT2D eigenvalue weighted by molar-refractivity contribution is 0.410. The normalized spacial score (nSPS) is 11.5. The first-order valence-electron chi connectivity index (χ1n) is 32.9. The molecule has 0 aliphatic carbocycles. The molecule has 448 valence electrons. The number of nitriles is 4. The molecule has 7 aromatic rings. The summed E-state index contributed by atoms with van der Waals surface area (Å²) in [6.07, 6.45) is 45.1. The van der Waals surface area contributed by atoms with E-state index in [0.29, 0.717) is 6.04 Å². The second kappa shape index (κ2) is 36.6. The molecule has 0 saturated carbocycles. The Labute approximate surface area is 530 Å². The van der Waals surface area contributed by atoms with Crippen LogP contribution in [0.15, 0.2) is 47.5 Å². The Morgan fingerprint density at radius 3 is 0.976 bits per heavy atom. The molecular formula is C73H95N5S6. The zero-order valence-corrected chi connectivity index (χ0v) is 56.8. The molecule has 7 aromatic heterocycles. The topological polar surface area (TPSA) is 100 Å². The van der Waals surface area contributed by atoms with Gasteiger partial charge in [-0.1, -0.05) is 196 Å². The van der Waals surface area contributed by atoms with Gasteiger partial charge in [0.25, 0.3) is 0 Å². The molecule has 0 fully saturated rings. The van der Waals surface area contributed by atoms with E-state index in [1.807, 2.05) is 45.3 Å². The van der Waals surface area contributed by atoms with Crippen molar-refractivity contribution in [3.8, 4) is 63.3 Å². The monoisotopic (exact) mass is 1230 g/mol. The highest BCUT2D eigenvalue weighted by Gasteiger charge is 2.27. The van der Waals surface area contributed by atoms with Gasteiger partial charge in [0.15, 0.2) is 0 Å². The molecular weight excluding hydrogens is 1140 g/mol. The number of unbranched alkanes of at least 4 members (excludes halogenated alkanes) is 22. The van der Waals surface area contributed by atoms with Crippen LogP contribution in [0.5, 0.6) is 0 Å². The van der Waals surface area contributed by atoms with Crippen LogP contribution in [0.2, 0.25) is 0 Å². The highest BCUT2D eigenvalue weighted by Crippen LogP contribution is 2.53. The average Bonchev–Trinajstić information content (AvgIpc) is 1.69. The Hall–Kier alpha value is -4.56. The Balaban J connectivity index is 1.42. The predicted octanol–water partition coefficient (Wildman–Crippen LogP) is 26.2. The van der Waals surface area contributed by atoms with Crippen molar-refractivity contribution in [1.29, 1.82) is 21.0 Å². The van der Waals surface area contributed by atoms with Crippen molar-refractivity contribution < 1.29 is 0 Å². The standard InChI is InChI=1S/C73H95N5S6/c1-7-13-19-25-27-33-39-59(40-34-28-26-20-14-8-2)78-62-47-66(70-57(37-31-23-17-11-5)45-64(81-70)68-55(35-29-21-15-9-3)43-60(79-68)41-53(49-74)50-75)83-72(62)73-63(78)48-67(84-73)71-58(38-32-24-18-12-6)46-65(82-71)69-56(36-30-22-16-10-4)44-61(80-69)42-54(51-76)52-77/h41-48,59H,7-40H2,1-6H3. The van der Waals surface area contributed by atoms with E-state index >= 15 is 0 Å². The van der Waals surface area contributed by atoms with Gasteiger partial charge in [-0.05, 0) is 135 Å². The van der Waals surface area contributed by atoms with Crippen molar-refractivity contribution in [2.75, 3.05) is 0 Å². The minimum Gasteiger partial charge on any atom is -0.336 e. The summed E-state index contributed by atoms with van der Waals surface area (Å²) in [5.41, 5.74) is 8.78. The molecule has 7 rings (SSSR count). The van der Waals surface area contributed by atoms with E-state index in [9.17, 15) is 21.0 Å². The van der Waals surface area contributed by atoms with Crippen molar-refractivity contribution in [2.45, 2.75) is 266 Å². The molecule has 0 saturated heterocycles. The van der Waals surface area contributed by atoms with E-state index in [0.717, 1.165) is 48.3 Å². The Bertz CT molecular complexity index is 3110. The van der Waals surface area contributed by atoms with Gasteiger partial charge >= 0.3 is 0 Å². The molecule has 0 atom stereocenters. The maximum absolute atomic E-state index is 9.79. The fraction of sp³-hybridized carbons (Fsp3) is 0.562. The molecule has 0 radical (unpaired) electrons. The summed E-state index contributed by atoms with van der Waals surface area (Å²) < 4.78 is 5.75. The summed E-state index contributed by atoms with van der Waals surface area (Å²) in [6, 6.07) is 23.7. The third kappa shape index (κ3) is 18.7. The molecule has 0 aliphatic heterocycles. The first kappa shape index (κ1) is 67.0. The summed E-state index contributed by atoms with van der Waals surface area (Å²) in [5, 5.41) is 39.2. The summed E-state index contributed by atoms with van der Waals surface area (Å²) in [6.45, 7) is 13.8. The minimum absolute atomic E-state index is 0.159. The average molecular weight is 1230 g/mol. The van der Waals surface area contributed by atoms with Gasteiger partial charge in [-0.3, -0.25) is 0 Å².